The van der Waals surface area contributed by atoms with E-state index in [0.29, 0.717) is 0 Å². The summed E-state index contributed by atoms with van der Waals surface area (Å²) in [4.78, 5) is 0. The summed E-state index contributed by atoms with van der Waals surface area (Å²) in [5, 5.41) is 6.89. The zero-order valence-corrected chi connectivity index (χ0v) is 12.6. The molecule has 112 valence electrons. The number of hydrogen-bond acceptors (Lipinski definition) is 3. The van der Waals surface area contributed by atoms with Crippen molar-refractivity contribution in [3.63, 3.8) is 0 Å². The van der Waals surface area contributed by atoms with E-state index >= 15 is 0 Å². The van der Waals surface area contributed by atoms with Crippen molar-refractivity contribution in [3.8, 4) is 5.75 Å². The van der Waals surface area contributed by atoms with Gasteiger partial charge >= 0.3 is 0 Å². The predicted molar refractivity (Wildman–Crippen MR) is 88.9 cm³/mol. The van der Waals surface area contributed by atoms with Gasteiger partial charge in [-0.2, -0.15) is 0 Å². The first kappa shape index (κ1) is 15.4. The van der Waals surface area contributed by atoms with Gasteiger partial charge in [0.05, 0.1) is 7.11 Å². The Morgan fingerprint density at radius 3 is 2.29 bits per heavy atom. The van der Waals surface area contributed by atoms with Gasteiger partial charge in [-0.05, 0) is 49.2 Å². The molecular formula is C18H24N2O. The molecule has 2 aromatic rings. The van der Waals surface area contributed by atoms with Gasteiger partial charge in [0.2, 0.25) is 0 Å². The molecule has 2 N–H and O–H groups in total. The first-order valence-electron chi connectivity index (χ1n) is 7.51. The number of nitrogens with one attached hydrogen (secondary N) is 2. The van der Waals surface area contributed by atoms with Gasteiger partial charge in [0.25, 0.3) is 0 Å². The molecule has 0 spiro atoms. The number of unbranched alkanes of at least 4 members (excludes halogenated alkanes) is 1. The Kier molecular flexibility index (Phi) is 6.62. The standard InChI is InChI=1S/C18H24N2O/c1-21-18-11-9-17(10-12-18)20-14-6-5-13-19-15-16-7-3-2-4-8-16/h2-4,7-12,19-20H,5-6,13-15H2,1H3. The third-order valence-electron chi connectivity index (χ3n) is 3.37. The monoisotopic (exact) mass is 284 g/mol. The second-order valence-electron chi connectivity index (χ2n) is 5.02. The van der Waals surface area contributed by atoms with Crippen molar-refractivity contribution in [2.24, 2.45) is 0 Å². The van der Waals surface area contributed by atoms with Gasteiger partial charge in [-0.15, -0.1) is 0 Å². The number of methoxy groups -OCH3 is 1. The van der Waals surface area contributed by atoms with Crippen molar-refractivity contribution in [2.45, 2.75) is 19.4 Å². The average molecular weight is 284 g/mol. The van der Waals surface area contributed by atoms with Crippen molar-refractivity contribution >= 4 is 5.69 Å². The third kappa shape index (κ3) is 5.88. The van der Waals surface area contributed by atoms with Crippen LogP contribution >= 0.6 is 0 Å². The van der Waals surface area contributed by atoms with Gasteiger partial charge in [-0.1, -0.05) is 30.3 Å². The molecule has 2 aromatic carbocycles. The topological polar surface area (TPSA) is 33.3 Å². The van der Waals surface area contributed by atoms with Gasteiger partial charge in [-0.25, -0.2) is 0 Å². The molecule has 0 saturated carbocycles. The summed E-state index contributed by atoms with van der Waals surface area (Å²) >= 11 is 0. The molecule has 0 heterocycles. The summed E-state index contributed by atoms with van der Waals surface area (Å²) in [5.41, 5.74) is 2.49. The Labute approximate surface area is 127 Å². The van der Waals surface area contributed by atoms with Gasteiger partial charge in [0.15, 0.2) is 0 Å². The van der Waals surface area contributed by atoms with Gasteiger partial charge in [0, 0.05) is 18.8 Å². The lowest BCUT2D eigenvalue weighted by atomic mass is 10.2. The lowest BCUT2D eigenvalue weighted by molar-refractivity contribution is 0.415. The van der Waals surface area contributed by atoms with Crippen LogP contribution < -0.4 is 15.4 Å². The normalized spacial score (nSPS) is 10.3. The molecule has 0 aliphatic heterocycles. The Morgan fingerprint density at radius 1 is 0.857 bits per heavy atom. The molecule has 0 amide bonds. The third-order valence-corrected chi connectivity index (χ3v) is 3.37. The minimum Gasteiger partial charge on any atom is -0.497 e. The molecule has 3 nitrogen and oxygen atoms in total. The van der Waals surface area contributed by atoms with E-state index < -0.39 is 0 Å². The summed E-state index contributed by atoms with van der Waals surface area (Å²) < 4.78 is 5.14. The maximum Gasteiger partial charge on any atom is 0.119 e. The molecule has 0 fully saturated rings. The number of anilines is 1. The molecule has 0 bridgehead atoms. The van der Waals surface area contributed by atoms with E-state index in [0.717, 1.165) is 37.5 Å². The second-order valence-corrected chi connectivity index (χ2v) is 5.02. The Hall–Kier alpha value is -2.00. The van der Waals surface area contributed by atoms with Crippen molar-refractivity contribution < 1.29 is 4.74 Å². The highest BCUT2D eigenvalue weighted by Crippen LogP contribution is 2.14. The summed E-state index contributed by atoms with van der Waals surface area (Å²) in [6.07, 6.45) is 2.34. The Balaban J connectivity index is 1.51. The first-order chi connectivity index (χ1) is 10.4. The van der Waals surface area contributed by atoms with Crippen molar-refractivity contribution in [3.05, 3.63) is 60.2 Å². The predicted octanol–water partition coefficient (Wildman–Crippen LogP) is 3.68. The van der Waals surface area contributed by atoms with Crippen molar-refractivity contribution in [1.82, 2.24) is 5.32 Å². The molecule has 3 heteroatoms. The van der Waals surface area contributed by atoms with E-state index in [2.05, 4.69) is 34.9 Å². The maximum absolute atomic E-state index is 5.14. The highest BCUT2D eigenvalue weighted by atomic mass is 16.5. The van der Waals surface area contributed by atoms with Crippen LogP contribution in [0.15, 0.2) is 54.6 Å². The molecule has 0 unspecified atom stereocenters. The van der Waals surface area contributed by atoms with Crippen LogP contribution in [0.3, 0.4) is 0 Å². The zero-order chi connectivity index (χ0) is 14.8. The van der Waals surface area contributed by atoms with E-state index in [-0.39, 0.29) is 0 Å². The van der Waals surface area contributed by atoms with Crippen molar-refractivity contribution in [1.29, 1.82) is 0 Å². The fourth-order valence-corrected chi connectivity index (χ4v) is 2.15. The first-order valence-corrected chi connectivity index (χ1v) is 7.51. The molecule has 0 aliphatic rings. The van der Waals surface area contributed by atoms with E-state index in [1.165, 1.54) is 12.0 Å². The van der Waals surface area contributed by atoms with Crippen LogP contribution in [0.4, 0.5) is 5.69 Å². The molecule has 0 saturated heterocycles. The number of ether oxygens (including phenoxy) is 1. The summed E-state index contributed by atoms with van der Waals surface area (Å²) in [6.45, 7) is 3.01. The molecule has 0 radical (unpaired) electrons. The number of rotatable bonds is 9. The van der Waals surface area contributed by atoms with Gasteiger partial charge < -0.3 is 15.4 Å². The lowest BCUT2D eigenvalue weighted by Crippen LogP contribution is -2.15. The van der Waals surface area contributed by atoms with E-state index in [1.807, 2.05) is 30.3 Å². The van der Waals surface area contributed by atoms with Crippen LogP contribution in [0.2, 0.25) is 0 Å². The minimum atomic E-state index is 0.894. The molecule has 21 heavy (non-hydrogen) atoms. The quantitative estimate of drug-likeness (QED) is 0.689. The molecule has 2 rings (SSSR count). The molecule has 0 aliphatic carbocycles. The second kappa shape index (κ2) is 9.03. The van der Waals surface area contributed by atoms with E-state index in [9.17, 15) is 0 Å². The summed E-state index contributed by atoms with van der Waals surface area (Å²) in [5.74, 6) is 0.894. The van der Waals surface area contributed by atoms with Gasteiger partial charge in [-0.3, -0.25) is 0 Å². The summed E-state index contributed by atoms with van der Waals surface area (Å²) in [7, 11) is 1.69. The van der Waals surface area contributed by atoms with Crippen LogP contribution in [0, 0.1) is 0 Å². The van der Waals surface area contributed by atoms with Crippen LogP contribution in [0.5, 0.6) is 5.75 Å². The molecular weight excluding hydrogens is 260 g/mol. The fourth-order valence-electron chi connectivity index (χ4n) is 2.15. The fraction of sp³-hybridized carbons (Fsp3) is 0.333. The number of benzene rings is 2. The lowest BCUT2D eigenvalue weighted by Gasteiger charge is -2.08. The van der Waals surface area contributed by atoms with E-state index in [1.54, 1.807) is 7.11 Å². The van der Waals surface area contributed by atoms with Crippen LogP contribution in [0.25, 0.3) is 0 Å². The van der Waals surface area contributed by atoms with Crippen LogP contribution in [-0.2, 0) is 6.54 Å². The van der Waals surface area contributed by atoms with Gasteiger partial charge in [0.1, 0.15) is 5.75 Å². The molecule has 0 atom stereocenters. The number of hydrogen-bond donors (Lipinski definition) is 2. The van der Waals surface area contributed by atoms with Crippen molar-refractivity contribution in [2.75, 3.05) is 25.5 Å². The Morgan fingerprint density at radius 2 is 1.57 bits per heavy atom. The highest BCUT2D eigenvalue weighted by molar-refractivity contribution is 5.46. The minimum absolute atomic E-state index is 0.894. The zero-order valence-electron chi connectivity index (χ0n) is 12.6. The largest absolute Gasteiger partial charge is 0.497 e. The van der Waals surface area contributed by atoms with E-state index in [4.69, 9.17) is 4.74 Å². The van der Waals surface area contributed by atoms with Crippen LogP contribution in [-0.4, -0.2) is 20.2 Å². The average Bonchev–Trinajstić information content (AvgIpc) is 2.55. The Bertz CT molecular complexity index is 496. The smallest absolute Gasteiger partial charge is 0.119 e. The highest BCUT2D eigenvalue weighted by Gasteiger charge is 1.94. The maximum atomic E-state index is 5.14. The SMILES string of the molecule is COc1ccc(NCCCCNCc2ccccc2)cc1. The summed E-state index contributed by atoms with van der Waals surface area (Å²) in [6, 6.07) is 18.6. The molecule has 0 aromatic heterocycles. The van der Waals surface area contributed by atoms with Crippen LogP contribution in [0.1, 0.15) is 18.4 Å².